The van der Waals surface area contributed by atoms with Crippen LogP contribution in [0.2, 0.25) is 0 Å². The van der Waals surface area contributed by atoms with Crippen LogP contribution >= 0.6 is 0 Å². The average molecular weight is 276 g/mol. The molecule has 20 heavy (non-hydrogen) atoms. The second-order valence-corrected chi connectivity index (χ2v) is 5.25. The maximum absolute atomic E-state index is 12.2. The number of carbonyl (C=O) groups excluding carboxylic acids is 1. The van der Waals surface area contributed by atoms with E-state index in [0.29, 0.717) is 24.7 Å². The van der Waals surface area contributed by atoms with Gasteiger partial charge in [0.25, 0.3) is 0 Å². The topological polar surface area (TPSA) is 69.6 Å². The number of aromatic carboxylic acids is 1. The van der Waals surface area contributed by atoms with Crippen molar-refractivity contribution in [1.29, 1.82) is 0 Å². The summed E-state index contributed by atoms with van der Waals surface area (Å²) in [5, 5.41) is 11.9. The lowest BCUT2D eigenvalue weighted by atomic mass is 10.1. The molecule has 5 heteroatoms. The number of rotatable bonds is 4. The summed E-state index contributed by atoms with van der Waals surface area (Å²) in [6, 6.07) is 4.81. The van der Waals surface area contributed by atoms with Gasteiger partial charge in [0.2, 0.25) is 0 Å². The highest BCUT2D eigenvalue weighted by Crippen LogP contribution is 2.29. The number of amides is 2. The van der Waals surface area contributed by atoms with E-state index in [2.05, 4.69) is 19.2 Å². The highest BCUT2D eigenvalue weighted by atomic mass is 16.4. The van der Waals surface area contributed by atoms with Crippen molar-refractivity contribution in [2.45, 2.75) is 26.7 Å². The van der Waals surface area contributed by atoms with Crippen LogP contribution in [0.25, 0.3) is 0 Å². The Labute approximate surface area is 118 Å². The van der Waals surface area contributed by atoms with Gasteiger partial charge in [0.15, 0.2) is 0 Å². The number of benzene rings is 1. The number of hydrogen-bond donors (Lipinski definition) is 2. The fourth-order valence-electron chi connectivity index (χ4n) is 2.22. The summed E-state index contributed by atoms with van der Waals surface area (Å²) < 4.78 is 0. The molecule has 108 valence electrons. The Morgan fingerprint density at radius 3 is 2.85 bits per heavy atom. The molecule has 2 N–H and O–H groups in total. The predicted molar refractivity (Wildman–Crippen MR) is 77.3 cm³/mol. The van der Waals surface area contributed by atoms with E-state index in [1.165, 1.54) is 0 Å². The number of carboxylic acids is 1. The molecule has 1 aliphatic rings. The molecule has 1 unspecified atom stereocenters. The van der Waals surface area contributed by atoms with Crippen molar-refractivity contribution in [1.82, 2.24) is 5.32 Å². The van der Waals surface area contributed by atoms with Crippen LogP contribution in [-0.2, 0) is 6.42 Å². The van der Waals surface area contributed by atoms with Crippen molar-refractivity contribution < 1.29 is 14.7 Å². The van der Waals surface area contributed by atoms with Crippen molar-refractivity contribution in [3.8, 4) is 0 Å². The molecule has 0 spiro atoms. The molecule has 0 aliphatic carbocycles. The lowest BCUT2D eigenvalue weighted by molar-refractivity contribution is 0.0697. The number of carbonyl (C=O) groups is 2. The molecule has 2 amide bonds. The molecular formula is C15H20N2O3. The summed E-state index contributed by atoms with van der Waals surface area (Å²) in [5.41, 5.74) is 1.95. The Balaban J connectivity index is 2.12. The molecule has 1 atom stereocenters. The van der Waals surface area contributed by atoms with E-state index in [0.717, 1.165) is 18.4 Å². The molecule has 2 rings (SSSR count). The van der Waals surface area contributed by atoms with Crippen LogP contribution in [0.15, 0.2) is 18.2 Å². The summed E-state index contributed by atoms with van der Waals surface area (Å²) >= 11 is 0. The van der Waals surface area contributed by atoms with E-state index in [1.807, 2.05) is 0 Å². The molecule has 1 aliphatic heterocycles. The SMILES string of the molecule is CCC(C)CNC(=O)N1CCc2ccc(C(=O)O)cc21. The van der Waals surface area contributed by atoms with Gasteiger partial charge in [0, 0.05) is 18.8 Å². The summed E-state index contributed by atoms with van der Waals surface area (Å²) in [6.45, 7) is 5.41. The lowest BCUT2D eigenvalue weighted by Gasteiger charge is -2.19. The number of anilines is 1. The second-order valence-electron chi connectivity index (χ2n) is 5.25. The first-order valence-electron chi connectivity index (χ1n) is 6.94. The quantitative estimate of drug-likeness (QED) is 0.887. The van der Waals surface area contributed by atoms with E-state index >= 15 is 0 Å². The number of nitrogens with one attached hydrogen (secondary N) is 1. The van der Waals surface area contributed by atoms with Gasteiger partial charge in [0.1, 0.15) is 0 Å². The monoisotopic (exact) mass is 276 g/mol. The second kappa shape index (κ2) is 5.94. The van der Waals surface area contributed by atoms with Gasteiger partial charge in [-0.25, -0.2) is 9.59 Å². The van der Waals surface area contributed by atoms with Gasteiger partial charge in [-0.3, -0.25) is 4.90 Å². The van der Waals surface area contributed by atoms with Crippen molar-refractivity contribution in [3.05, 3.63) is 29.3 Å². The smallest absolute Gasteiger partial charge is 0.335 e. The first-order valence-corrected chi connectivity index (χ1v) is 6.94. The first kappa shape index (κ1) is 14.4. The minimum absolute atomic E-state index is 0.147. The first-order chi connectivity index (χ1) is 9.52. The van der Waals surface area contributed by atoms with E-state index in [9.17, 15) is 9.59 Å². The van der Waals surface area contributed by atoms with Crippen LogP contribution < -0.4 is 10.2 Å². The zero-order chi connectivity index (χ0) is 14.7. The Kier molecular flexibility index (Phi) is 4.27. The molecular weight excluding hydrogens is 256 g/mol. The molecule has 0 bridgehead atoms. The van der Waals surface area contributed by atoms with Gasteiger partial charge in [0.05, 0.1) is 5.56 Å². The highest BCUT2D eigenvalue weighted by molar-refractivity contribution is 5.96. The van der Waals surface area contributed by atoms with Crippen molar-refractivity contribution in [2.24, 2.45) is 5.92 Å². The Morgan fingerprint density at radius 2 is 2.20 bits per heavy atom. The average Bonchev–Trinajstić information content (AvgIpc) is 2.87. The summed E-state index contributed by atoms with van der Waals surface area (Å²) in [6.07, 6.45) is 1.78. The number of hydrogen-bond acceptors (Lipinski definition) is 2. The fraction of sp³-hybridized carbons (Fsp3) is 0.467. The van der Waals surface area contributed by atoms with Crippen LogP contribution in [0.4, 0.5) is 10.5 Å². The Hall–Kier alpha value is -2.04. The summed E-state index contributed by atoms with van der Waals surface area (Å²) in [5.74, 6) is -0.536. The largest absolute Gasteiger partial charge is 0.478 e. The highest BCUT2D eigenvalue weighted by Gasteiger charge is 2.25. The lowest BCUT2D eigenvalue weighted by Crippen LogP contribution is -2.40. The number of urea groups is 1. The van der Waals surface area contributed by atoms with E-state index < -0.39 is 5.97 Å². The van der Waals surface area contributed by atoms with Gasteiger partial charge in [-0.2, -0.15) is 0 Å². The normalized spacial score (nSPS) is 14.8. The molecule has 0 fully saturated rings. The van der Waals surface area contributed by atoms with E-state index in [-0.39, 0.29) is 11.6 Å². The van der Waals surface area contributed by atoms with Gasteiger partial charge in [-0.1, -0.05) is 26.3 Å². The van der Waals surface area contributed by atoms with Crippen LogP contribution in [0, 0.1) is 5.92 Å². The molecule has 0 saturated carbocycles. The third-order valence-electron chi connectivity index (χ3n) is 3.77. The molecule has 0 radical (unpaired) electrons. The number of fused-ring (bicyclic) bond motifs is 1. The maximum Gasteiger partial charge on any atom is 0.335 e. The van der Waals surface area contributed by atoms with Crippen molar-refractivity contribution in [3.63, 3.8) is 0 Å². The zero-order valence-electron chi connectivity index (χ0n) is 11.8. The summed E-state index contributed by atoms with van der Waals surface area (Å²) in [7, 11) is 0. The van der Waals surface area contributed by atoms with Gasteiger partial charge < -0.3 is 10.4 Å². The third kappa shape index (κ3) is 2.92. The van der Waals surface area contributed by atoms with Gasteiger partial charge in [-0.15, -0.1) is 0 Å². The molecule has 1 aromatic carbocycles. The number of carboxylic acid groups (broad SMARTS) is 1. The predicted octanol–water partition coefficient (Wildman–Crippen LogP) is 2.50. The minimum atomic E-state index is -0.973. The van der Waals surface area contributed by atoms with Crippen molar-refractivity contribution in [2.75, 3.05) is 18.0 Å². The van der Waals surface area contributed by atoms with E-state index in [1.54, 1.807) is 23.1 Å². The minimum Gasteiger partial charge on any atom is -0.478 e. The molecule has 5 nitrogen and oxygen atoms in total. The maximum atomic E-state index is 12.2. The van der Waals surface area contributed by atoms with Crippen LogP contribution in [-0.4, -0.2) is 30.2 Å². The van der Waals surface area contributed by atoms with E-state index in [4.69, 9.17) is 5.11 Å². The fourth-order valence-corrected chi connectivity index (χ4v) is 2.22. The van der Waals surface area contributed by atoms with Crippen molar-refractivity contribution >= 4 is 17.7 Å². The third-order valence-corrected chi connectivity index (χ3v) is 3.77. The molecule has 1 heterocycles. The summed E-state index contributed by atoms with van der Waals surface area (Å²) in [4.78, 5) is 24.8. The molecule has 0 aromatic heterocycles. The zero-order valence-corrected chi connectivity index (χ0v) is 11.8. The van der Waals surface area contributed by atoms with Gasteiger partial charge in [-0.05, 0) is 30.0 Å². The molecule has 1 aromatic rings. The standard InChI is InChI=1S/C15H20N2O3/c1-3-10(2)9-16-15(20)17-7-6-11-4-5-12(14(18)19)8-13(11)17/h4-5,8,10H,3,6-7,9H2,1-2H3,(H,16,20)(H,18,19). The Bertz CT molecular complexity index is 528. The number of nitrogens with zero attached hydrogens (tertiary/aromatic N) is 1. The Morgan fingerprint density at radius 1 is 1.45 bits per heavy atom. The van der Waals surface area contributed by atoms with Crippen LogP contribution in [0.3, 0.4) is 0 Å². The molecule has 0 saturated heterocycles. The van der Waals surface area contributed by atoms with Gasteiger partial charge >= 0.3 is 12.0 Å². The van der Waals surface area contributed by atoms with Crippen LogP contribution in [0.1, 0.15) is 36.2 Å². The van der Waals surface area contributed by atoms with Crippen LogP contribution in [0.5, 0.6) is 0 Å².